The van der Waals surface area contributed by atoms with Gasteiger partial charge in [0, 0.05) is 33.3 Å². The Hall–Kier alpha value is -1.17. The number of aliphatic hydroxyl groups is 1. The van der Waals surface area contributed by atoms with Gasteiger partial charge in [0.15, 0.2) is 0 Å². The fraction of sp³-hybridized carbons (Fsp3) is 0.643. The smallest absolute Gasteiger partial charge is 0.126 e. The first-order valence-electron chi connectivity index (χ1n) is 6.82. The minimum Gasteiger partial charge on any atom is -0.395 e. The van der Waals surface area contributed by atoms with Crippen molar-refractivity contribution in [3.05, 3.63) is 23.9 Å². The molecule has 0 bridgehead atoms. The lowest BCUT2D eigenvalue weighted by atomic mass is 10.3. The molecule has 0 saturated heterocycles. The van der Waals surface area contributed by atoms with Crippen molar-refractivity contribution in [1.82, 2.24) is 9.88 Å². The summed E-state index contributed by atoms with van der Waals surface area (Å²) < 4.78 is 5.08. The monoisotopic (exact) mass is 267 g/mol. The lowest BCUT2D eigenvalue weighted by molar-refractivity contribution is 0.126. The zero-order valence-electron chi connectivity index (χ0n) is 11.9. The number of pyridine rings is 1. The van der Waals surface area contributed by atoms with Crippen molar-refractivity contribution in [3.63, 3.8) is 0 Å². The fourth-order valence-corrected chi connectivity index (χ4v) is 1.78. The van der Waals surface area contributed by atoms with Crippen molar-refractivity contribution in [3.8, 4) is 0 Å². The van der Waals surface area contributed by atoms with Crippen LogP contribution in [0.25, 0.3) is 0 Å². The second-order valence-electron chi connectivity index (χ2n) is 4.43. The van der Waals surface area contributed by atoms with E-state index < -0.39 is 0 Å². The van der Waals surface area contributed by atoms with Crippen LogP contribution < -0.4 is 5.32 Å². The highest BCUT2D eigenvalue weighted by Gasteiger charge is 2.06. The highest BCUT2D eigenvalue weighted by molar-refractivity contribution is 5.35. The lowest BCUT2D eigenvalue weighted by Gasteiger charge is -2.20. The Kier molecular flexibility index (Phi) is 8.13. The van der Waals surface area contributed by atoms with Crippen molar-refractivity contribution >= 4 is 5.82 Å². The van der Waals surface area contributed by atoms with Crippen LogP contribution in [0.3, 0.4) is 0 Å². The summed E-state index contributed by atoms with van der Waals surface area (Å²) in [5, 5.41) is 12.3. The highest BCUT2D eigenvalue weighted by Crippen LogP contribution is 2.07. The molecule has 2 N–H and O–H groups in total. The number of nitrogens with zero attached hydrogens (tertiary/aromatic N) is 2. The Balaban J connectivity index is 2.56. The zero-order valence-corrected chi connectivity index (χ0v) is 11.9. The van der Waals surface area contributed by atoms with Gasteiger partial charge < -0.3 is 15.2 Å². The van der Waals surface area contributed by atoms with Crippen LogP contribution >= 0.6 is 0 Å². The van der Waals surface area contributed by atoms with Crippen molar-refractivity contribution in [2.45, 2.75) is 19.9 Å². The van der Waals surface area contributed by atoms with Gasteiger partial charge in [-0.1, -0.05) is 13.0 Å². The number of ether oxygens (including phenoxy) is 1. The topological polar surface area (TPSA) is 57.6 Å². The van der Waals surface area contributed by atoms with Crippen molar-refractivity contribution in [2.24, 2.45) is 0 Å². The molecular formula is C14H25N3O2. The van der Waals surface area contributed by atoms with Crippen molar-refractivity contribution in [1.29, 1.82) is 0 Å². The first kappa shape index (κ1) is 15.9. The fourth-order valence-electron chi connectivity index (χ4n) is 1.78. The molecule has 0 saturated carbocycles. The molecule has 5 nitrogen and oxygen atoms in total. The zero-order chi connectivity index (χ0) is 13.9. The molecule has 0 amide bonds. The first-order chi connectivity index (χ1) is 9.30. The highest BCUT2D eigenvalue weighted by atomic mass is 16.5. The Morgan fingerprint density at radius 2 is 2.21 bits per heavy atom. The van der Waals surface area contributed by atoms with Gasteiger partial charge in [0.2, 0.25) is 0 Å². The standard InChI is InChI=1S/C14H25N3O2/c1-3-7-15-14-6-4-5-13(16-14)12-17(8-10-18)9-11-19-2/h4-6,18H,3,7-12H2,1-2H3,(H,15,16). The van der Waals surface area contributed by atoms with Crippen LogP contribution in [-0.2, 0) is 11.3 Å². The van der Waals surface area contributed by atoms with Gasteiger partial charge in [0.25, 0.3) is 0 Å². The molecule has 0 radical (unpaired) electrons. The van der Waals surface area contributed by atoms with Gasteiger partial charge >= 0.3 is 0 Å². The molecule has 0 fully saturated rings. The van der Waals surface area contributed by atoms with E-state index in [-0.39, 0.29) is 6.61 Å². The number of methoxy groups -OCH3 is 1. The number of anilines is 1. The second kappa shape index (κ2) is 9.72. The maximum Gasteiger partial charge on any atom is 0.126 e. The van der Waals surface area contributed by atoms with Crippen LogP contribution in [0.1, 0.15) is 19.0 Å². The van der Waals surface area contributed by atoms with Crippen LogP contribution in [0, 0.1) is 0 Å². The third-order valence-corrected chi connectivity index (χ3v) is 2.78. The summed E-state index contributed by atoms with van der Waals surface area (Å²) in [5.41, 5.74) is 1.01. The Morgan fingerprint density at radius 3 is 2.89 bits per heavy atom. The molecule has 0 aliphatic carbocycles. The Bertz CT molecular complexity index is 347. The molecule has 1 heterocycles. The third kappa shape index (κ3) is 6.52. The Labute approximate surface area is 115 Å². The predicted octanol–water partition coefficient (Wildman–Crippen LogP) is 1.34. The number of hydrogen-bond donors (Lipinski definition) is 2. The number of aromatic nitrogens is 1. The van der Waals surface area contributed by atoms with E-state index in [9.17, 15) is 0 Å². The number of rotatable bonds is 10. The molecule has 108 valence electrons. The summed E-state index contributed by atoms with van der Waals surface area (Å²) in [6.07, 6.45) is 1.08. The summed E-state index contributed by atoms with van der Waals surface area (Å²) in [6, 6.07) is 5.99. The minimum atomic E-state index is 0.150. The van der Waals surface area contributed by atoms with E-state index in [1.54, 1.807) is 7.11 Å². The van der Waals surface area contributed by atoms with Gasteiger partial charge in [-0.25, -0.2) is 4.98 Å². The largest absolute Gasteiger partial charge is 0.395 e. The molecule has 0 aromatic carbocycles. The van der Waals surface area contributed by atoms with Crippen molar-refractivity contribution in [2.75, 3.05) is 45.3 Å². The molecule has 0 spiro atoms. The van der Waals surface area contributed by atoms with E-state index in [0.29, 0.717) is 13.2 Å². The van der Waals surface area contributed by atoms with E-state index in [1.165, 1.54) is 0 Å². The van der Waals surface area contributed by atoms with Crippen LogP contribution in [0.15, 0.2) is 18.2 Å². The van der Waals surface area contributed by atoms with Crippen LogP contribution in [0.5, 0.6) is 0 Å². The van der Waals surface area contributed by atoms with Gasteiger partial charge in [-0.05, 0) is 18.6 Å². The molecular weight excluding hydrogens is 242 g/mol. The quantitative estimate of drug-likeness (QED) is 0.670. The SMILES string of the molecule is CCCNc1cccc(CN(CCO)CCOC)n1. The van der Waals surface area contributed by atoms with Gasteiger partial charge in [0.05, 0.1) is 18.9 Å². The van der Waals surface area contributed by atoms with Crippen LogP contribution in [0.2, 0.25) is 0 Å². The molecule has 1 rings (SSSR count). The van der Waals surface area contributed by atoms with Crippen LogP contribution in [0.4, 0.5) is 5.82 Å². The van der Waals surface area contributed by atoms with Crippen molar-refractivity contribution < 1.29 is 9.84 Å². The molecule has 0 aliphatic heterocycles. The minimum absolute atomic E-state index is 0.150. The molecule has 1 aromatic rings. The molecule has 0 unspecified atom stereocenters. The lowest BCUT2D eigenvalue weighted by Crippen LogP contribution is -2.30. The molecule has 19 heavy (non-hydrogen) atoms. The van der Waals surface area contributed by atoms with E-state index in [2.05, 4.69) is 22.1 Å². The number of hydrogen-bond acceptors (Lipinski definition) is 5. The van der Waals surface area contributed by atoms with E-state index >= 15 is 0 Å². The number of nitrogens with one attached hydrogen (secondary N) is 1. The molecule has 0 atom stereocenters. The first-order valence-corrected chi connectivity index (χ1v) is 6.82. The summed E-state index contributed by atoms with van der Waals surface area (Å²) in [7, 11) is 1.69. The van der Waals surface area contributed by atoms with E-state index in [0.717, 1.165) is 37.6 Å². The predicted molar refractivity (Wildman–Crippen MR) is 77.3 cm³/mol. The van der Waals surface area contributed by atoms with Gasteiger partial charge in [0.1, 0.15) is 5.82 Å². The van der Waals surface area contributed by atoms with Crippen LogP contribution in [-0.4, -0.2) is 54.9 Å². The molecule has 0 aliphatic rings. The molecule has 5 heteroatoms. The van der Waals surface area contributed by atoms with E-state index in [1.807, 2.05) is 18.2 Å². The van der Waals surface area contributed by atoms with Gasteiger partial charge in [-0.2, -0.15) is 0 Å². The number of aliphatic hydroxyl groups excluding tert-OH is 1. The van der Waals surface area contributed by atoms with Gasteiger partial charge in [-0.15, -0.1) is 0 Å². The average molecular weight is 267 g/mol. The third-order valence-electron chi connectivity index (χ3n) is 2.78. The Morgan fingerprint density at radius 1 is 1.37 bits per heavy atom. The molecule has 1 aromatic heterocycles. The summed E-state index contributed by atoms with van der Waals surface area (Å²) in [4.78, 5) is 6.70. The normalized spacial score (nSPS) is 10.9. The summed E-state index contributed by atoms with van der Waals surface area (Å²) >= 11 is 0. The summed E-state index contributed by atoms with van der Waals surface area (Å²) in [5.74, 6) is 0.912. The second-order valence-corrected chi connectivity index (χ2v) is 4.43. The van der Waals surface area contributed by atoms with E-state index in [4.69, 9.17) is 9.84 Å². The maximum absolute atomic E-state index is 9.07. The summed E-state index contributed by atoms with van der Waals surface area (Å²) in [6.45, 7) is 6.03. The maximum atomic E-state index is 9.07. The average Bonchev–Trinajstić information content (AvgIpc) is 2.43. The van der Waals surface area contributed by atoms with Gasteiger partial charge in [-0.3, -0.25) is 4.90 Å².